The third-order valence-corrected chi connectivity index (χ3v) is 2.38. The molecule has 0 aromatic carbocycles. The lowest BCUT2D eigenvalue weighted by Crippen LogP contribution is -2.49. The highest BCUT2D eigenvalue weighted by Gasteiger charge is 2.37. The predicted molar refractivity (Wildman–Crippen MR) is 52.0 cm³/mol. The molecule has 0 aliphatic heterocycles. The van der Waals surface area contributed by atoms with E-state index in [2.05, 4.69) is 5.32 Å². The molecule has 1 fully saturated rings. The second kappa shape index (κ2) is 3.27. The maximum Gasteiger partial charge on any atom is 0.237 e. The summed E-state index contributed by atoms with van der Waals surface area (Å²) in [5, 5.41) is 2.82. The molecule has 3 atom stereocenters. The monoisotopic (exact) mass is 185 g/mol. The van der Waals surface area contributed by atoms with E-state index in [1.165, 1.54) is 0 Å². The Morgan fingerprint density at radius 2 is 2.00 bits per heavy atom. The zero-order chi connectivity index (χ0) is 10.2. The molecule has 1 amide bonds. The number of carbonyl (C=O) groups is 1. The van der Waals surface area contributed by atoms with Crippen molar-refractivity contribution in [2.45, 2.75) is 45.3 Å². The Morgan fingerprint density at radius 3 is 2.31 bits per heavy atom. The Labute approximate surface area is 79.0 Å². The van der Waals surface area contributed by atoms with Crippen LogP contribution in [0, 0.1) is 5.41 Å². The molecule has 0 aromatic heterocycles. The van der Waals surface area contributed by atoms with E-state index >= 15 is 0 Å². The molecule has 0 bridgehead atoms. The van der Waals surface area contributed by atoms with E-state index in [1.807, 2.05) is 20.8 Å². The lowest BCUT2D eigenvalue weighted by molar-refractivity contribution is -0.124. The van der Waals surface area contributed by atoms with Crippen molar-refractivity contribution in [2.24, 2.45) is 16.9 Å². The van der Waals surface area contributed by atoms with E-state index in [9.17, 15) is 4.79 Å². The fourth-order valence-corrected chi connectivity index (χ4v) is 1.05. The van der Waals surface area contributed by atoms with Crippen LogP contribution in [-0.4, -0.2) is 24.0 Å². The van der Waals surface area contributed by atoms with Gasteiger partial charge >= 0.3 is 0 Å². The minimum Gasteiger partial charge on any atom is -0.350 e. The van der Waals surface area contributed by atoms with Crippen LogP contribution in [0.1, 0.15) is 27.2 Å². The van der Waals surface area contributed by atoms with Crippen molar-refractivity contribution in [1.29, 1.82) is 0 Å². The molecule has 0 saturated heterocycles. The topological polar surface area (TPSA) is 81.1 Å². The van der Waals surface area contributed by atoms with Gasteiger partial charge in [0.25, 0.3) is 0 Å². The first-order valence-electron chi connectivity index (χ1n) is 4.64. The average molecular weight is 185 g/mol. The van der Waals surface area contributed by atoms with Crippen LogP contribution in [0.15, 0.2) is 0 Å². The van der Waals surface area contributed by atoms with Crippen molar-refractivity contribution in [1.82, 2.24) is 5.32 Å². The fourth-order valence-electron chi connectivity index (χ4n) is 1.05. The Bertz CT molecular complexity index is 209. The Balaban J connectivity index is 2.39. The molecule has 1 saturated carbocycles. The van der Waals surface area contributed by atoms with Crippen molar-refractivity contribution >= 4 is 5.91 Å². The third kappa shape index (κ3) is 2.67. The van der Waals surface area contributed by atoms with Crippen LogP contribution in [-0.2, 0) is 4.79 Å². The molecular formula is C9H19N3O. The van der Waals surface area contributed by atoms with Gasteiger partial charge in [0.1, 0.15) is 0 Å². The molecule has 4 nitrogen and oxygen atoms in total. The summed E-state index contributed by atoms with van der Waals surface area (Å²) in [6, 6.07) is -0.169. The van der Waals surface area contributed by atoms with E-state index < -0.39 is 6.04 Å². The van der Waals surface area contributed by atoms with Gasteiger partial charge in [-0.3, -0.25) is 4.79 Å². The van der Waals surface area contributed by atoms with Crippen LogP contribution in [0.3, 0.4) is 0 Å². The summed E-state index contributed by atoms with van der Waals surface area (Å²) in [6.07, 6.45) is 0.878. The number of amides is 1. The SMILES string of the molecule is CC(C)(C)C(N)C(=O)NC1CC1N. The van der Waals surface area contributed by atoms with Crippen molar-refractivity contribution < 1.29 is 4.79 Å². The molecule has 76 valence electrons. The fraction of sp³-hybridized carbons (Fsp3) is 0.889. The number of rotatable bonds is 2. The zero-order valence-corrected chi connectivity index (χ0v) is 8.50. The van der Waals surface area contributed by atoms with Gasteiger partial charge in [0, 0.05) is 12.1 Å². The largest absolute Gasteiger partial charge is 0.350 e. The highest BCUT2D eigenvalue weighted by molar-refractivity contribution is 5.83. The van der Waals surface area contributed by atoms with Crippen LogP contribution in [0.5, 0.6) is 0 Å². The average Bonchev–Trinajstić information content (AvgIpc) is 2.63. The molecule has 1 aliphatic carbocycles. The minimum absolute atomic E-state index is 0.0922. The van der Waals surface area contributed by atoms with Gasteiger partial charge in [-0.2, -0.15) is 0 Å². The van der Waals surface area contributed by atoms with E-state index in [-0.39, 0.29) is 23.4 Å². The molecule has 1 rings (SSSR count). The zero-order valence-electron chi connectivity index (χ0n) is 8.50. The first-order valence-corrected chi connectivity index (χ1v) is 4.64. The summed E-state index contributed by atoms with van der Waals surface area (Å²) < 4.78 is 0. The first-order chi connectivity index (χ1) is 5.82. The standard InChI is InChI=1S/C9H19N3O/c1-9(2,3)7(11)8(13)12-6-4-5(6)10/h5-7H,4,10-11H2,1-3H3,(H,12,13). The van der Waals surface area contributed by atoms with E-state index in [0.29, 0.717) is 0 Å². The first kappa shape index (κ1) is 10.5. The summed E-state index contributed by atoms with van der Waals surface area (Å²) in [5.41, 5.74) is 11.1. The Morgan fingerprint density at radius 1 is 1.54 bits per heavy atom. The molecule has 5 N–H and O–H groups in total. The van der Waals surface area contributed by atoms with Crippen LogP contribution in [0.25, 0.3) is 0 Å². The number of hydrogen-bond acceptors (Lipinski definition) is 3. The molecule has 4 heteroatoms. The van der Waals surface area contributed by atoms with Gasteiger partial charge in [-0.15, -0.1) is 0 Å². The van der Waals surface area contributed by atoms with E-state index in [4.69, 9.17) is 11.5 Å². The summed E-state index contributed by atoms with van der Waals surface area (Å²) in [6.45, 7) is 5.85. The van der Waals surface area contributed by atoms with Gasteiger partial charge in [0.05, 0.1) is 6.04 Å². The summed E-state index contributed by atoms with van der Waals surface area (Å²) in [7, 11) is 0. The van der Waals surface area contributed by atoms with Gasteiger partial charge in [-0.1, -0.05) is 20.8 Å². The highest BCUT2D eigenvalue weighted by Crippen LogP contribution is 2.21. The lowest BCUT2D eigenvalue weighted by atomic mass is 9.87. The van der Waals surface area contributed by atoms with Gasteiger partial charge in [-0.25, -0.2) is 0 Å². The second-order valence-electron chi connectivity index (χ2n) is 4.86. The summed E-state index contributed by atoms with van der Waals surface area (Å²) >= 11 is 0. The van der Waals surface area contributed by atoms with Crippen molar-refractivity contribution in [3.05, 3.63) is 0 Å². The van der Waals surface area contributed by atoms with Gasteiger partial charge in [0.2, 0.25) is 5.91 Å². The van der Waals surface area contributed by atoms with Crippen LogP contribution in [0.2, 0.25) is 0 Å². The smallest absolute Gasteiger partial charge is 0.237 e. The molecule has 0 spiro atoms. The quantitative estimate of drug-likeness (QED) is 0.546. The normalized spacial score (nSPS) is 29.6. The molecular weight excluding hydrogens is 166 g/mol. The second-order valence-corrected chi connectivity index (χ2v) is 4.86. The van der Waals surface area contributed by atoms with Gasteiger partial charge < -0.3 is 16.8 Å². The van der Waals surface area contributed by atoms with Gasteiger partial charge in [0.15, 0.2) is 0 Å². The van der Waals surface area contributed by atoms with Crippen molar-refractivity contribution in [3.8, 4) is 0 Å². The molecule has 1 aliphatic rings. The maximum atomic E-state index is 11.5. The highest BCUT2D eigenvalue weighted by atomic mass is 16.2. The van der Waals surface area contributed by atoms with Crippen molar-refractivity contribution in [2.75, 3.05) is 0 Å². The Hall–Kier alpha value is -0.610. The number of carbonyl (C=O) groups excluding carboxylic acids is 1. The molecule has 0 heterocycles. The summed E-state index contributed by atoms with van der Waals surface area (Å²) in [4.78, 5) is 11.5. The third-order valence-electron chi connectivity index (χ3n) is 2.38. The van der Waals surface area contributed by atoms with Crippen molar-refractivity contribution in [3.63, 3.8) is 0 Å². The summed E-state index contributed by atoms with van der Waals surface area (Å²) in [5.74, 6) is -0.0922. The maximum absolute atomic E-state index is 11.5. The van der Waals surface area contributed by atoms with E-state index in [0.717, 1.165) is 6.42 Å². The van der Waals surface area contributed by atoms with E-state index in [1.54, 1.807) is 0 Å². The number of nitrogens with two attached hydrogens (primary N) is 2. The van der Waals surface area contributed by atoms with Crippen LogP contribution in [0.4, 0.5) is 0 Å². The molecule has 13 heavy (non-hydrogen) atoms. The molecule has 0 radical (unpaired) electrons. The minimum atomic E-state index is -0.458. The molecule has 3 unspecified atom stereocenters. The lowest BCUT2D eigenvalue weighted by Gasteiger charge is -2.25. The number of hydrogen-bond donors (Lipinski definition) is 3. The molecule has 0 aromatic rings. The Kier molecular flexibility index (Phi) is 2.63. The van der Waals surface area contributed by atoms with Gasteiger partial charge in [-0.05, 0) is 11.8 Å². The predicted octanol–water partition coefficient (Wildman–Crippen LogP) is -0.424. The van der Waals surface area contributed by atoms with Crippen LogP contribution >= 0.6 is 0 Å². The van der Waals surface area contributed by atoms with Crippen LogP contribution < -0.4 is 16.8 Å². The number of nitrogens with one attached hydrogen (secondary N) is 1.